The van der Waals surface area contributed by atoms with E-state index in [4.69, 9.17) is 19.3 Å². The molecule has 0 aromatic rings. The number of unbranched alkanes of at least 4 members (excludes halogenated alkanes) is 5. The summed E-state index contributed by atoms with van der Waals surface area (Å²) in [7, 11) is 0. The van der Waals surface area contributed by atoms with E-state index >= 15 is 0 Å². The zero-order chi connectivity index (χ0) is 26.0. The minimum absolute atomic E-state index is 0. The molecular formula is C26H46CaO10. The van der Waals surface area contributed by atoms with Crippen LogP contribution >= 0.6 is 0 Å². The summed E-state index contributed by atoms with van der Waals surface area (Å²) in [6.45, 7) is 6.07. The molecule has 0 saturated carbocycles. The number of rotatable bonds is 16. The van der Waals surface area contributed by atoms with E-state index in [1.54, 1.807) is 13.8 Å². The van der Waals surface area contributed by atoms with Crippen molar-refractivity contribution in [1.82, 2.24) is 0 Å². The van der Waals surface area contributed by atoms with E-state index in [-0.39, 0.29) is 73.7 Å². The normalized spacial score (nSPS) is 28.9. The van der Waals surface area contributed by atoms with Crippen molar-refractivity contribution >= 4 is 49.7 Å². The number of hydrogen-bond acceptors (Lipinski definition) is 8. The fraction of sp³-hybridized carbons (Fsp3) is 0.846. The number of esters is 1. The first-order valence-electron chi connectivity index (χ1n) is 13.0. The molecule has 6 N–H and O–H groups in total. The summed E-state index contributed by atoms with van der Waals surface area (Å²) < 4.78 is 16.7. The Bertz CT molecular complexity index is 701. The molecule has 0 amide bonds. The Morgan fingerprint density at radius 2 is 1.65 bits per heavy atom. The maximum Gasteiger partial charge on any atom is 0.330 e. The van der Waals surface area contributed by atoms with Crippen LogP contribution in [0.15, 0.2) is 11.6 Å². The van der Waals surface area contributed by atoms with E-state index in [1.165, 1.54) is 6.08 Å². The van der Waals surface area contributed by atoms with Crippen molar-refractivity contribution in [2.24, 2.45) is 11.8 Å². The predicted octanol–water partition coefficient (Wildman–Crippen LogP) is 1.39. The van der Waals surface area contributed by atoms with Gasteiger partial charge in [-0.05, 0) is 39.5 Å². The number of epoxide rings is 1. The van der Waals surface area contributed by atoms with Gasteiger partial charge in [-0.3, -0.25) is 4.79 Å². The summed E-state index contributed by atoms with van der Waals surface area (Å²) in [6, 6.07) is 0. The van der Waals surface area contributed by atoms with Gasteiger partial charge in [0, 0.05) is 62.1 Å². The van der Waals surface area contributed by atoms with Crippen molar-refractivity contribution in [3.63, 3.8) is 0 Å². The van der Waals surface area contributed by atoms with Gasteiger partial charge < -0.3 is 40.1 Å². The predicted molar refractivity (Wildman–Crippen MR) is 138 cm³/mol. The van der Waals surface area contributed by atoms with E-state index < -0.39 is 36.4 Å². The molecule has 11 heteroatoms. The molecule has 2 aliphatic rings. The van der Waals surface area contributed by atoms with Crippen LogP contribution in [0.1, 0.15) is 78.6 Å². The zero-order valence-corrected chi connectivity index (χ0v) is 24.7. The Hall–Kier alpha value is -0.300. The average Bonchev–Trinajstić information content (AvgIpc) is 3.55. The van der Waals surface area contributed by atoms with Crippen LogP contribution in [0.4, 0.5) is 0 Å². The smallest absolute Gasteiger partial charge is 0.330 e. The molecule has 2 aliphatic heterocycles. The van der Waals surface area contributed by atoms with Crippen molar-refractivity contribution in [2.75, 3.05) is 13.2 Å². The first-order valence-corrected chi connectivity index (χ1v) is 13.0. The number of carbonyl (C=O) groups is 2. The topological polar surface area (TPSA) is 178 Å². The van der Waals surface area contributed by atoms with Gasteiger partial charge in [0.25, 0.3) is 0 Å². The summed E-state index contributed by atoms with van der Waals surface area (Å²) in [6.07, 6.45) is 4.61. The third-order valence-electron chi connectivity index (χ3n) is 7.09. The van der Waals surface area contributed by atoms with Gasteiger partial charge in [0.2, 0.25) is 0 Å². The average molecular weight is 559 g/mol. The number of hydrogen-bond donors (Lipinski definition) is 4. The van der Waals surface area contributed by atoms with E-state index in [2.05, 4.69) is 0 Å². The van der Waals surface area contributed by atoms with Crippen LogP contribution in [-0.4, -0.2) is 125 Å². The number of aliphatic carboxylic acids is 1. The zero-order valence-electron chi connectivity index (χ0n) is 22.5. The van der Waals surface area contributed by atoms with E-state index in [1.807, 2.05) is 6.92 Å². The van der Waals surface area contributed by atoms with Crippen molar-refractivity contribution < 1.29 is 49.7 Å². The summed E-state index contributed by atoms with van der Waals surface area (Å²) in [5.41, 5.74) is 0.708. The van der Waals surface area contributed by atoms with E-state index in [9.17, 15) is 24.9 Å². The van der Waals surface area contributed by atoms with Crippen LogP contribution in [0.2, 0.25) is 0 Å². The maximum absolute atomic E-state index is 12.1. The second-order valence-corrected chi connectivity index (χ2v) is 10.2. The molecule has 0 bridgehead atoms. The SMILES string of the molecule is CC(=CC(=O)OCCCCCCCCC(=O)O)CC1OCC(CC2OC2C(C)C(C)O)C(O)C1O.O.[Ca]. The van der Waals surface area contributed by atoms with Gasteiger partial charge in [0.05, 0.1) is 43.7 Å². The molecule has 2 saturated heterocycles. The third kappa shape index (κ3) is 13.6. The molecule has 0 aromatic heterocycles. The minimum Gasteiger partial charge on any atom is -0.481 e. The molecule has 2 heterocycles. The van der Waals surface area contributed by atoms with Crippen LogP contribution < -0.4 is 0 Å². The molecule has 0 aliphatic carbocycles. The fourth-order valence-electron chi connectivity index (χ4n) is 4.59. The Morgan fingerprint density at radius 3 is 2.27 bits per heavy atom. The monoisotopic (exact) mass is 558 g/mol. The third-order valence-corrected chi connectivity index (χ3v) is 7.09. The minimum atomic E-state index is -1.06. The summed E-state index contributed by atoms with van der Waals surface area (Å²) in [5, 5.41) is 39.5. The van der Waals surface area contributed by atoms with E-state index in [0.717, 1.165) is 32.1 Å². The molecule has 2 fully saturated rings. The van der Waals surface area contributed by atoms with Crippen molar-refractivity contribution in [1.29, 1.82) is 0 Å². The number of carbonyl (C=O) groups excluding carboxylic acids is 1. The Labute approximate surface area is 250 Å². The second kappa shape index (κ2) is 18.9. The first-order chi connectivity index (χ1) is 16.6. The van der Waals surface area contributed by atoms with Gasteiger partial charge in [-0.1, -0.05) is 38.2 Å². The van der Waals surface area contributed by atoms with Gasteiger partial charge in [0.1, 0.15) is 6.10 Å². The Morgan fingerprint density at radius 1 is 1.03 bits per heavy atom. The molecule has 8 atom stereocenters. The quantitative estimate of drug-likeness (QED) is 0.0716. The number of carboxylic acid groups (broad SMARTS) is 1. The molecular weight excluding hydrogens is 512 g/mol. The molecule has 0 spiro atoms. The number of aliphatic hydroxyl groups excluding tert-OH is 3. The molecule has 0 aromatic carbocycles. The molecule has 2 rings (SSSR count). The number of ether oxygens (including phenoxy) is 3. The molecule has 37 heavy (non-hydrogen) atoms. The molecule has 8 unspecified atom stereocenters. The van der Waals surface area contributed by atoms with Gasteiger partial charge in [-0.15, -0.1) is 0 Å². The molecule has 212 valence electrons. The largest absolute Gasteiger partial charge is 0.481 e. The molecule has 2 radical (unpaired) electrons. The number of aliphatic hydroxyl groups is 3. The van der Waals surface area contributed by atoms with Crippen LogP contribution in [0.3, 0.4) is 0 Å². The van der Waals surface area contributed by atoms with Gasteiger partial charge in [0.15, 0.2) is 0 Å². The fourth-order valence-corrected chi connectivity index (χ4v) is 4.59. The van der Waals surface area contributed by atoms with Crippen molar-refractivity contribution in [3.05, 3.63) is 11.6 Å². The van der Waals surface area contributed by atoms with Crippen LogP contribution in [0.25, 0.3) is 0 Å². The summed E-state index contributed by atoms with van der Waals surface area (Å²) >= 11 is 0. The summed E-state index contributed by atoms with van der Waals surface area (Å²) in [5.74, 6) is -1.42. The summed E-state index contributed by atoms with van der Waals surface area (Å²) in [4.78, 5) is 22.5. The van der Waals surface area contributed by atoms with Crippen molar-refractivity contribution in [3.8, 4) is 0 Å². The van der Waals surface area contributed by atoms with Crippen LogP contribution in [0.5, 0.6) is 0 Å². The maximum atomic E-state index is 12.1. The number of carboxylic acids is 1. The van der Waals surface area contributed by atoms with Crippen LogP contribution in [0, 0.1) is 11.8 Å². The van der Waals surface area contributed by atoms with Gasteiger partial charge in [-0.2, -0.15) is 0 Å². The van der Waals surface area contributed by atoms with Gasteiger partial charge in [-0.25, -0.2) is 4.79 Å². The second-order valence-electron chi connectivity index (χ2n) is 10.2. The molecule has 10 nitrogen and oxygen atoms in total. The van der Waals surface area contributed by atoms with Crippen molar-refractivity contribution in [2.45, 2.75) is 115 Å². The Balaban J connectivity index is 0.00000648. The van der Waals surface area contributed by atoms with Crippen LogP contribution in [-0.2, 0) is 23.8 Å². The van der Waals surface area contributed by atoms with Gasteiger partial charge >= 0.3 is 11.9 Å². The standard InChI is InChI=1S/C26H44O9.Ca.H2O/c1-16(13-23(30)33-11-9-7-5-4-6-8-10-22(28)29)12-20-25(32)24(31)19(15-34-20)14-21-26(35-21)17(2)18(3)27;;/h13,17-21,24-27,31-32H,4-12,14-15H2,1-3H3,(H,28,29);;1H2. The first kappa shape index (κ1) is 36.7. The Kier molecular flexibility index (Phi) is 18.7. The van der Waals surface area contributed by atoms with E-state index in [0.29, 0.717) is 38.0 Å².